The summed E-state index contributed by atoms with van der Waals surface area (Å²) in [4.78, 5) is 0.267. The Morgan fingerprint density at radius 3 is 2.58 bits per heavy atom. The molecular weight excluding hydrogens is 302 g/mol. The highest BCUT2D eigenvalue weighted by Crippen LogP contribution is 2.29. The number of rotatable bonds is 3. The van der Waals surface area contributed by atoms with Crippen LogP contribution in [0, 0.1) is 0 Å². The third kappa shape index (κ3) is 3.06. The Bertz CT molecular complexity index is 555. The molecule has 0 amide bonds. The molecule has 0 aliphatic carbocycles. The highest BCUT2D eigenvalue weighted by atomic mass is 79.9. The van der Waals surface area contributed by atoms with Gasteiger partial charge in [0.2, 0.25) is 0 Å². The minimum Gasteiger partial charge on any atom is -0.220 e. The molecule has 1 unspecified atom stereocenters. The fourth-order valence-electron chi connectivity index (χ4n) is 2.05. The molecule has 1 aromatic heterocycles. The number of nitrogens with zero attached hydrogens (tertiary/aromatic N) is 3. The van der Waals surface area contributed by atoms with Gasteiger partial charge in [-0.1, -0.05) is 67.0 Å². The van der Waals surface area contributed by atoms with Crippen LogP contribution in [-0.2, 0) is 5.41 Å². The van der Waals surface area contributed by atoms with Crippen LogP contribution in [0.5, 0.6) is 0 Å². The van der Waals surface area contributed by atoms with Gasteiger partial charge in [-0.3, -0.25) is 0 Å². The summed E-state index contributed by atoms with van der Waals surface area (Å²) in [6, 6.07) is 8.36. The number of halogens is 1. The molecule has 0 saturated carbocycles. The van der Waals surface area contributed by atoms with Crippen LogP contribution < -0.4 is 0 Å². The van der Waals surface area contributed by atoms with Crippen molar-refractivity contribution in [2.75, 3.05) is 0 Å². The van der Waals surface area contributed by atoms with E-state index in [0.717, 1.165) is 17.8 Å². The molecule has 2 aromatic rings. The summed E-state index contributed by atoms with van der Waals surface area (Å²) in [6.07, 6.45) is 3.01. The van der Waals surface area contributed by atoms with Crippen LogP contribution in [0.25, 0.3) is 5.69 Å². The smallest absolute Gasteiger partial charge is 0.0967 e. The molecule has 0 fully saturated rings. The first-order valence-corrected chi connectivity index (χ1v) is 7.51. The van der Waals surface area contributed by atoms with Gasteiger partial charge in [-0.15, -0.1) is 5.10 Å². The molecule has 4 heteroatoms. The van der Waals surface area contributed by atoms with Crippen LogP contribution >= 0.6 is 15.9 Å². The summed E-state index contributed by atoms with van der Waals surface area (Å²) in [5, 5.41) is 8.52. The van der Waals surface area contributed by atoms with Gasteiger partial charge in [0.1, 0.15) is 0 Å². The fourth-order valence-corrected chi connectivity index (χ4v) is 2.26. The topological polar surface area (TPSA) is 30.7 Å². The van der Waals surface area contributed by atoms with Gasteiger partial charge < -0.3 is 0 Å². The van der Waals surface area contributed by atoms with Gasteiger partial charge >= 0.3 is 0 Å². The van der Waals surface area contributed by atoms with Gasteiger partial charge in [0.25, 0.3) is 0 Å². The summed E-state index contributed by atoms with van der Waals surface area (Å²) >= 11 is 3.61. The van der Waals surface area contributed by atoms with E-state index in [4.69, 9.17) is 0 Å². The highest BCUT2D eigenvalue weighted by Gasteiger charge is 2.19. The van der Waals surface area contributed by atoms with Crippen LogP contribution in [-0.4, -0.2) is 15.0 Å². The average molecular weight is 322 g/mol. The molecule has 0 radical (unpaired) electrons. The zero-order valence-corrected chi connectivity index (χ0v) is 13.5. The van der Waals surface area contributed by atoms with E-state index >= 15 is 0 Å². The number of hydrogen-bond acceptors (Lipinski definition) is 2. The average Bonchev–Trinajstić information content (AvgIpc) is 2.86. The molecule has 3 nitrogen and oxygen atoms in total. The van der Waals surface area contributed by atoms with Crippen molar-refractivity contribution in [3.63, 3.8) is 0 Å². The molecule has 19 heavy (non-hydrogen) atoms. The first kappa shape index (κ1) is 14.3. The number of aromatic nitrogens is 3. The Hall–Kier alpha value is -1.16. The molecule has 0 aliphatic rings. The molecule has 0 spiro atoms. The van der Waals surface area contributed by atoms with Crippen LogP contribution in [0.15, 0.2) is 30.5 Å². The van der Waals surface area contributed by atoms with Crippen LogP contribution in [0.1, 0.15) is 50.2 Å². The number of hydrogen-bond donors (Lipinski definition) is 0. The predicted molar refractivity (Wildman–Crippen MR) is 82.0 cm³/mol. The third-order valence-corrected chi connectivity index (χ3v) is 4.27. The van der Waals surface area contributed by atoms with Gasteiger partial charge in [0.15, 0.2) is 0 Å². The summed E-state index contributed by atoms with van der Waals surface area (Å²) in [5.41, 5.74) is 3.44. The van der Waals surface area contributed by atoms with Gasteiger partial charge in [-0.2, -0.15) is 0 Å². The Morgan fingerprint density at radius 2 is 1.95 bits per heavy atom. The number of alkyl halides is 1. The van der Waals surface area contributed by atoms with E-state index in [-0.39, 0.29) is 10.2 Å². The zero-order chi connectivity index (χ0) is 14.0. The normalized spacial score (nSPS) is 13.5. The fraction of sp³-hybridized carbons (Fsp3) is 0.467. The highest BCUT2D eigenvalue weighted by molar-refractivity contribution is 9.09. The van der Waals surface area contributed by atoms with Crippen molar-refractivity contribution in [3.05, 3.63) is 41.7 Å². The first-order chi connectivity index (χ1) is 8.93. The Morgan fingerprint density at radius 1 is 1.26 bits per heavy atom. The van der Waals surface area contributed by atoms with Crippen molar-refractivity contribution >= 4 is 15.9 Å². The van der Waals surface area contributed by atoms with Gasteiger partial charge in [0.05, 0.1) is 22.4 Å². The second-order valence-corrected chi connectivity index (χ2v) is 6.84. The molecule has 1 atom stereocenters. The monoisotopic (exact) mass is 321 g/mol. The summed E-state index contributed by atoms with van der Waals surface area (Å²) < 4.78 is 1.87. The minimum absolute atomic E-state index is 0.0846. The van der Waals surface area contributed by atoms with Crippen LogP contribution in [0.2, 0.25) is 0 Å². The van der Waals surface area contributed by atoms with E-state index < -0.39 is 0 Å². The lowest BCUT2D eigenvalue weighted by atomic mass is 9.86. The SMILES string of the molecule is CCC(Br)c1cn(-c2ccccc2C(C)(C)C)nn1. The lowest BCUT2D eigenvalue weighted by Crippen LogP contribution is -2.15. The summed E-state index contributed by atoms with van der Waals surface area (Å²) in [5.74, 6) is 0. The van der Waals surface area contributed by atoms with Crippen LogP contribution in [0.3, 0.4) is 0 Å². The second kappa shape index (κ2) is 5.45. The second-order valence-electron chi connectivity index (χ2n) is 5.73. The third-order valence-electron chi connectivity index (χ3n) is 3.15. The molecule has 1 aromatic carbocycles. The molecule has 0 saturated heterocycles. The van der Waals surface area contributed by atoms with Gasteiger partial charge in [-0.05, 0) is 23.5 Å². The van der Waals surface area contributed by atoms with E-state index in [2.05, 4.69) is 72.1 Å². The van der Waals surface area contributed by atoms with Gasteiger partial charge in [-0.25, -0.2) is 4.68 Å². The molecule has 0 N–H and O–H groups in total. The molecule has 0 bridgehead atoms. The van der Waals surface area contributed by atoms with E-state index in [1.165, 1.54) is 5.56 Å². The quantitative estimate of drug-likeness (QED) is 0.784. The number of para-hydroxylation sites is 1. The first-order valence-electron chi connectivity index (χ1n) is 6.59. The summed E-state index contributed by atoms with van der Waals surface area (Å²) in [7, 11) is 0. The van der Waals surface area contributed by atoms with Crippen molar-refractivity contribution < 1.29 is 0 Å². The Kier molecular flexibility index (Phi) is 4.09. The maximum atomic E-state index is 4.27. The van der Waals surface area contributed by atoms with E-state index in [1.54, 1.807) is 0 Å². The Labute approximate surface area is 123 Å². The molecule has 1 heterocycles. The largest absolute Gasteiger partial charge is 0.220 e. The van der Waals surface area contributed by atoms with Crippen molar-refractivity contribution in [2.24, 2.45) is 0 Å². The minimum atomic E-state index is 0.0846. The predicted octanol–water partition coefficient (Wildman–Crippen LogP) is 4.41. The maximum Gasteiger partial charge on any atom is 0.0967 e. The van der Waals surface area contributed by atoms with E-state index in [9.17, 15) is 0 Å². The standard InChI is InChI=1S/C15H20BrN3/c1-5-12(16)13-10-19(18-17-13)14-9-7-6-8-11(14)15(2,3)4/h6-10,12H,5H2,1-4H3. The van der Waals surface area contributed by atoms with Gasteiger partial charge in [0, 0.05) is 0 Å². The summed E-state index contributed by atoms with van der Waals surface area (Å²) in [6.45, 7) is 8.76. The lowest BCUT2D eigenvalue weighted by Gasteiger charge is -2.22. The van der Waals surface area contributed by atoms with E-state index in [0.29, 0.717) is 0 Å². The Balaban J connectivity index is 2.45. The van der Waals surface area contributed by atoms with Crippen molar-refractivity contribution in [2.45, 2.75) is 44.4 Å². The molecule has 2 rings (SSSR count). The zero-order valence-electron chi connectivity index (χ0n) is 11.9. The number of benzene rings is 1. The van der Waals surface area contributed by atoms with Crippen molar-refractivity contribution in [1.82, 2.24) is 15.0 Å². The van der Waals surface area contributed by atoms with Crippen LogP contribution in [0.4, 0.5) is 0 Å². The lowest BCUT2D eigenvalue weighted by molar-refractivity contribution is 0.582. The molecular formula is C15H20BrN3. The van der Waals surface area contributed by atoms with Crippen molar-refractivity contribution in [1.29, 1.82) is 0 Å². The molecule has 0 aliphatic heterocycles. The van der Waals surface area contributed by atoms with Crippen molar-refractivity contribution in [3.8, 4) is 5.69 Å². The van der Waals surface area contributed by atoms with E-state index in [1.807, 2.05) is 16.9 Å². The molecule has 102 valence electrons. The maximum absolute atomic E-state index is 4.27.